The van der Waals surface area contributed by atoms with Crippen LogP contribution in [0.3, 0.4) is 0 Å². The summed E-state index contributed by atoms with van der Waals surface area (Å²) in [5.41, 5.74) is 2.13. The molecule has 0 unspecified atom stereocenters. The highest BCUT2D eigenvalue weighted by Gasteiger charge is 2.34. The number of carbonyl (C=O) groups excluding carboxylic acids is 2. The number of carbonyl (C=O) groups is 2. The van der Waals surface area contributed by atoms with Crippen LogP contribution in [0, 0.1) is 6.92 Å². The minimum Gasteiger partial charge on any atom is -0.494 e. The molecule has 2 atom stereocenters. The monoisotopic (exact) mass is 639 g/mol. The molecule has 2 amide bonds. The van der Waals surface area contributed by atoms with E-state index in [0.717, 1.165) is 21.9 Å². The minimum absolute atomic E-state index is 0.0892. The number of anilines is 1. The van der Waals surface area contributed by atoms with Crippen LogP contribution in [0.15, 0.2) is 71.6 Å². The number of hydrogen-bond acceptors (Lipinski definition) is 7. The van der Waals surface area contributed by atoms with Crippen molar-refractivity contribution in [3.63, 3.8) is 0 Å². The molecule has 0 spiro atoms. The molecule has 0 saturated heterocycles. The summed E-state index contributed by atoms with van der Waals surface area (Å²) in [4.78, 5) is 29.1. The van der Waals surface area contributed by atoms with Gasteiger partial charge in [0, 0.05) is 18.7 Å². The lowest BCUT2D eigenvalue weighted by molar-refractivity contribution is -0.140. The first-order valence-electron chi connectivity index (χ1n) is 15.1. The Hall–Kier alpha value is -4.25. The largest absolute Gasteiger partial charge is 0.494 e. The summed E-state index contributed by atoms with van der Waals surface area (Å²) in [7, 11) is -1.43. The molecular weight excluding hydrogens is 594 g/mol. The van der Waals surface area contributed by atoms with Crippen molar-refractivity contribution in [1.82, 2.24) is 10.2 Å². The van der Waals surface area contributed by atoms with Crippen molar-refractivity contribution >= 4 is 27.5 Å². The number of amides is 2. The highest BCUT2D eigenvalue weighted by atomic mass is 32.2. The third-order valence-electron chi connectivity index (χ3n) is 7.52. The Balaban J connectivity index is 2.11. The smallest absolute Gasteiger partial charge is 0.264 e. The van der Waals surface area contributed by atoms with E-state index >= 15 is 0 Å². The molecule has 0 aliphatic heterocycles. The SMILES string of the molecule is CCOc1ccc(N(CC(=O)N(Cc2ccc(C)cc2)[C@@H](CC)C(=O)N[C@@H](C)CC)S(=O)(=O)c2ccc(OC)c(OC)c2)cc1. The Morgan fingerprint density at radius 3 is 2.07 bits per heavy atom. The fourth-order valence-corrected chi connectivity index (χ4v) is 6.19. The zero-order chi connectivity index (χ0) is 33.1. The normalized spacial score (nSPS) is 12.5. The number of nitrogens with one attached hydrogen (secondary N) is 1. The van der Waals surface area contributed by atoms with Crippen molar-refractivity contribution in [3.05, 3.63) is 77.9 Å². The van der Waals surface area contributed by atoms with Crippen LogP contribution in [0.1, 0.15) is 51.7 Å². The molecular formula is C34H45N3O7S. The minimum atomic E-state index is -4.31. The van der Waals surface area contributed by atoms with E-state index in [1.807, 2.05) is 58.9 Å². The maximum atomic E-state index is 14.3. The summed E-state index contributed by atoms with van der Waals surface area (Å²) in [6.45, 7) is 9.54. The van der Waals surface area contributed by atoms with E-state index in [1.54, 1.807) is 24.3 Å². The van der Waals surface area contributed by atoms with Gasteiger partial charge in [-0.05, 0) is 75.6 Å². The van der Waals surface area contributed by atoms with Gasteiger partial charge in [-0.25, -0.2) is 8.42 Å². The molecule has 3 aromatic rings. The predicted molar refractivity (Wildman–Crippen MR) is 175 cm³/mol. The summed E-state index contributed by atoms with van der Waals surface area (Å²) in [5.74, 6) is 0.333. The number of nitrogens with zero attached hydrogens (tertiary/aromatic N) is 2. The third-order valence-corrected chi connectivity index (χ3v) is 9.29. The van der Waals surface area contributed by atoms with Gasteiger partial charge in [0.15, 0.2) is 11.5 Å². The van der Waals surface area contributed by atoms with Gasteiger partial charge in [0.05, 0.1) is 31.4 Å². The molecule has 0 aromatic heterocycles. The molecule has 10 nitrogen and oxygen atoms in total. The number of sulfonamides is 1. The van der Waals surface area contributed by atoms with Gasteiger partial charge in [-0.15, -0.1) is 0 Å². The quantitative estimate of drug-likeness (QED) is 0.225. The zero-order valence-corrected chi connectivity index (χ0v) is 28.0. The number of methoxy groups -OCH3 is 2. The van der Waals surface area contributed by atoms with Crippen LogP contribution in [0.4, 0.5) is 5.69 Å². The molecule has 0 radical (unpaired) electrons. The molecule has 1 N–H and O–H groups in total. The maximum Gasteiger partial charge on any atom is 0.264 e. The second kappa shape index (κ2) is 16.2. The molecule has 0 aliphatic carbocycles. The van der Waals surface area contributed by atoms with E-state index in [2.05, 4.69) is 5.32 Å². The second-order valence-electron chi connectivity index (χ2n) is 10.7. The molecule has 0 bridgehead atoms. The lowest BCUT2D eigenvalue weighted by Gasteiger charge is -2.33. The van der Waals surface area contributed by atoms with Crippen LogP contribution in [-0.4, -0.2) is 64.6 Å². The van der Waals surface area contributed by atoms with E-state index in [9.17, 15) is 18.0 Å². The fraction of sp³-hybridized carbons (Fsp3) is 0.412. The van der Waals surface area contributed by atoms with Crippen molar-refractivity contribution in [1.29, 1.82) is 0 Å². The lowest BCUT2D eigenvalue weighted by Crippen LogP contribution is -2.53. The first-order chi connectivity index (χ1) is 21.5. The number of aryl methyl sites for hydroxylation is 1. The summed E-state index contributed by atoms with van der Waals surface area (Å²) >= 11 is 0. The van der Waals surface area contributed by atoms with Gasteiger partial charge in [0.1, 0.15) is 18.3 Å². The van der Waals surface area contributed by atoms with Crippen molar-refractivity contribution in [2.24, 2.45) is 0 Å². The second-order valence-corrected chi connectivity index (χ2v) is 12.6. The highest BCUT2D eigenvalue weighted by molar-refractivity contribution is 7.92. The average molecular weight is 640 g/mol. The molecule has 3 rings (SSSR count). The molecule has 11 heteroatoms. The fourth-order valence-electron chi connectivity index (χ4n) is 4.76. The van der Waals surface area contributed by atoms with Gasteiger partial charge < -0.3 is 24.4 Å². The molecule has 0 heterocycles. The summed E-state index contributed by atoms with van der Waals surface area (Å²) in [6, 6.07) is 17.5. The number of rotatable bonds is 16. The van der Waals surface area contributed by atoms with E-state index in [-0.39, 0.29) is 34.8 Å². The van der Waals surface area contributed by atoms with Crippen molar-refractivity contribution < 1.29 is 32.2 Å². The van der Waals surface area contributed by atoms with E-state index in [4.69, 9.17) is 14.2 Å². The molecule has 0 fully saturated rings. The average Bonchev–Trinajstić information content (AvgIpc) is 3.04. The van der Waals surface area contributed by atoms with E-state index < -0.39 is 28.5 Å². The molecule has 3 aromatic carbocycles. The van der Waals surface area contributed by atoms with Crippen LogP contribution in [0.25, 0.3) is 0 Å². The van der Waals surface area contributed by atoms with Crippen molar-refractivity contribution in [2.75, 3.05) is 31.7 Å². The van der Waals surface area contributed by atoms with Crippen LogP contribution in [0.2, 0.25) is 0 Å². The first kappa shape index (κ1) is 35.2. The van der Waals surface area contributed by atoms with Crippen LogP contribution >= 0.6 is 0 Å². The Morgan fingerprint density at radius 1 is 0.867 bits per heavy atom. The summed E-state index contributed by atoms with van der Waals surface area (Å²) < 4.78 is 45.8. The van der Waals surface area contributed by atoms with Gasteiger partial charge in [-0.2, -0.15) is 0 Å². The predicted octanol–water partition coefficient (Wildman–Crippen LogP) is 5.33. The maximum absolute atomic E-state index is 14.3. The molecule has 45 heavy (non-hydrogen) atoms. The Kier molecular flexibility index (Phi) is 12.7. The zero-order valence-electron chi connectivity index (χ0n) is 27.2. The van der Waals surface area contributed by atoms with Crippen molar-refractivity contribution in [3.8, 4) is 17.2 Å². The Bertz CT molecular complexity index is 1530. The van der Waals surface area contributed by atoms with Crippen LogP contribution in [0.5, 0.6) is 17.2 Å². The topological polar surface area (TPSA) is 114 Å². The van der Waals surface area contributed by atoms with Gasteiger partial charge in [-0.3, -0.25) is 13.9 Å². The van der Waals surface area contributed by atoms with Crippen LogP contribution < -0.4 is 23.8 Å². The number of ether oxygens (including phenoxy) is 3. The first-order valence-corrected chi connectivity index (χ1v) is 16.6. The Labute approximate surface area is 267 Å². The summed E-state index contributed by atoms with van der Waals surface area (Å²) in [5, 5.41) is 2.99. The molecule has 0 saturated carbocycles. The third kappa shape index (κ3) is 8.91. The van der Waals surface area contributed by atoms with E-state index in [1.165, 1.54) is 37.3 Å². The molecule has 0 aliphatic rings. The van der Waals surface area contributed by atoms with Crippen molar-refractivity contribution in [2.45, 2.75) is 71.0 Å². The van der Waals surface area contributed by atoms with Gasteiger partial charge >= 0.3 is 0 Å². The number of hydrogen-bond donors (Lipinski definition) is 1. The van der Waals surface area contributed by atoms with Gasteiger partial charge in [-0.1, -0.05) is 43.7 Å². The van der Waals surface area contributed by atoms with E-state index in [0.29, 0.717) is 24.5 Å². The number of benzene rings is 3. The lowest BCUT2D eigenvalue weighted by atomic mass is 10.1. The van der Waals surface area contributed by atoms with Gasteiger partial charge in [0.25, 0.3) is 10.0 Å². The van der Waals surface area contributed by atoms with Crippen LogP contribution in [-0.2, 0) is 26.2 Å². The van der Waals surface area contributed by atoms with Gasteiger partial charge in [0.2, 0.25) is 11.8 Å². The Morgan fingerprint density at radius 2 is 1.51 bits per heavy atom. The highest BCUT2D eigenvalue weighted by Crippen LogP contribution is 2.33. The summed E-state index contributed by atoms with van der Waals surface area (Å²) in [6.07, 6.45) is 1.06. The standard InChI is InChI=1S/C34H45N3O7S/c1-8-25(5)35-34(39)30(9-2)36(22-26-13-11-24(4)12-14-26)33(38)23-37(27-15-17-28(18-16-27)44-10-3)45(40,41)29-19-20-31(42-6)32(21-29)43-7/h11-21,25,30H,8-10,22-23H2,1-7H3,(H,35,39)/t25-,30-/m0/s1. The molecule has 244 valence electrons.